The number of H-pyrrole nitrogens is 1. The summed E-state index contributed by atoms with van der Waals surface area (Å²) in [5.41, 5.74) is 1.32. The van der Waals surface area contributed by atoms with Crippen LogP contribution in [0.5, 0.6) is 0 Å². The van der Waals surface area contributed by atoms with E-state index in [4.69, 9.17) is 0 Å². The molecule has 6 nitrogen and oxygen atoms in total. The molecule has 1 unspecified atom stereocenters. The number of carbonyl (C=O) groups is 1. The zero-order valence-corrected chi connectivity index (χ0v) is 13.1. The molecule has 1 amide bonds. The van der Waals surface area contributed by atoms with Crippen LogP contribution < -0.4 is 0 Å². The number of nitrogens with zero attached hydrogens (tertiary/aromatic N) is 3. The van der Waals surface area contributed by atoms with Gasteiger partial charge in [0.25, 0.3) is 0 Å². The Morgan fingerprint density at radius 2 is 2.09 bits per heavy atom. The normalized spacial score (nSPS) is 18.1. The van der Waals surface area contributed by atoms with E-state index in [0.717, 1.165) is 44.3 Å². The number of nitrogens with one attached hydrogen (secondary N) is 1. The fraction of sp³-hybridized carbons (Fsp3) is 0.471. The smallest absolute Gasteiger partial charge is 0.407 e. The van der Waals surface area contributed by atoms with Crippen molar-refractivity contribution in [1.82, 2.24) is 20.1 Å². The van der Waals surface area contributed by atoms with Gasteiger partial charge in [-0.1, -0.05) is 30.3 Å². The zero-order valence-electron chi connectivity index (χ0n) is 13.1. The molecule has 3 rings (SSSR count). The Bertz CT molecular complexity index is 641. The van der Waals surface area contributed by atoms with Gasteiger partial charge >= 0.3 is 6.09 Å². The number of piperidine rings is 1. The van der Waals surface area contributed by atoms with Crippen molar-refractivity contribution in [3.05, 3.63) is 47.5 Å². The molecule has 1 aromatic heterocycles. The Balaban J connectivity index is 1.58. The summed E-state index contributed by atoms with van der Waals surface area (Å²) in [5, 5.41) is 16.5. The summed E-state index contributed by atoms with van der Waals surface area (Å²) >= 11 is 0. The summed E-state index contributed by atoms with van der Waals surface area (Å²) in [6.45, 7) is 0.567. The van der Waals surface area contributed by atoms with Gasteiger partial charge in [0.15, 0.2) is 5.82 Å². The first-order valence-corrected chi connectivity index (χ1v) is 8.18. The van der Waals surface area contributed by atoms with Gasteiger partial charge in [-0.05, 0) is 37.7 Å². The van der Waals surface area contributed by atoms with Crippen molar-refractivity contribution in [2.45, 2.75) is 44.6 Å². The largest absolute Gasteiger partial charge is 0.465 e. The quantitative estimate of drug-likeness (QED) is 0.888. The fourth-order valence-corrected chi connectivity index (χ4v) is 3.10. The molecule has 0 saturated carbocycles. The van der Waals surface area contributed by atoms with Crippen molar-refractivity contribution in [2.24, 2.45) is 0 Å². The molecule has 1 saturated heterocycles. The first kappa shape index (κ1) is 15.5. The highest BCUT2D eigenvalue weighted by Crippen LogP contribution is 2.28. The number of hydrogen-bond donors (Lipinski definition) is 2. The summed E-state index contributed by atoms with van der Waals surface area (Å²) in [7, 11) is 0. The molecule has 0 spiro atoms. The Morgan fingerprint density at radius 1 is 1.26 bits per heavy atom. The van der Waals surface area contributed by atoms with Crippen LogP contribution in [0.1, 0.15) is 48.9 Å². The molecule has 6 heteroatoms. The molecule has 2 heterocycles. The lowest BCUT2D eigenvalue weighted by atomic mass is 10.0. The molecule has 1 fully saturated rings. The van der Waals surface area contributed by atoms with Crippen LogP contribution in [0, 0.1) is 0 Å². The zero-order chi connectivity index (χ0) is 16.1. The Hall–Kier alpha value is -2.37. The van der Waals surface area contributed by atoms with Crippen LogP contribution in [0.25, 0.3) is 0 Å². The van der Waals surface area contributed by atoms with Gasteiger partial charge in [-0.2, -0.15) is 5.10 Å². The van der Waals surface area contributed by atoms with Crippen LogP contribution in [0.2, 0.25) is 0 Å². The highest BCUT2D eigenvalue weighted by atomic mass is 16.4. The number of likely N-dealkylation sites (tertiary alicyclic amines) is 1. The van der Waals surface area contributed by atoms with E-state index < -0.39 is 6.09 Å². The molecule has 1 atom stereocenters. The second kappa shape index (κ2) is 7.26. The van der Waals surface area contributed by atoms with Crippen LogP contribution >= 0.6 is 0 Å². The predicted molar refractivity (Wildman–Crippen MR) is 86.2 cm³/mol. The summed E-state index contributed by atoms with van der Waals surface area (Å²) in [4.78, 5) is 17.3. The number of carboxylic acid groups (broad SMARTS) is 1. The summed E-state index contributed by atoms with van der Waals surface area (Å²) in [6.07, 6.45) is 4.66. The molecule has 1 aromatic carbocycles. The first-order valence-electron chi connectivity index (χ1n) is 8.18. The number of rotatable bonds is 5. The monoisotopic (exact) mass is 314 g/mol. The van der Waals surface area contributed by atoms with E-state index >= 15 is 0 Å². The van der Waals surface area contributed by atoms with E-state index in [-0.39, 0.29) is 6.04 Å². The minimum Gasteiger partial charge on any atom is -0.465 e. The Labute approximate surface area is 135 Å². The first-order chi connectivity index (χ1) is 11.2. The van der Waals surface area contributed by atoms with Gasteiger partial charge < -0.3 is 5.11 Å². The van der Waals surface area contributed by atoms with Crippen molar-refractivity contribution in [1.29, 1.82) is 0 Å². The van der Waals surface area contributed by atoms with E-state index in [2.05, 4.69) is 27.3 Å². The van der Waals surface area contributed by atoms with Crippen LogP contribution in [0.15, 0.2) is 30.3 Å². The maximum atomic E-state index is 11.3. The molecule has 23 heavy (non-hydrogen) atoms. The lowest BCUT2D eigenvalue weighted by molar-refractivity contribution is 0.104. The third kappa shape index (κ3) is 3.88. The number of aromatic nitrogens is 3. The van der Waals surface area contributed by atoms with E-state index in [1.807, 2.05) is 18.2 Å². The fourth-order valence-electron chi connectivity index (χ4n) is 3.10. The van der Waals surface area contributed by atoms with E-state index in [1.54, 1.807) is 0 Å². The third-order valence-electron chi connectivity index (χ3n) is 4.32. The number of hydrogen-bond acceptors (Lipinski definition) is 3. The van der Waals surface area contributed by atoms with Gasteiger partial charge in [0.05, 0.1) is 6.04 Å². The van der Waals surface area contributed by atoms with Crippen molar-refractivity contribution < 1.29 is 9.90 Å². The molecule has 1 aliphatic heterocycles. The van der Waals surface area contributed by atoms with Gasteiger partial charge in [0, 0.05) is 13.0 Å². The SMILES string of the molecule is O=C(O)N1CCCCC1c1n[nH]c(CCCc2ccccc2)n1. The molecule has 2 N–H and O–H groups in total. The average molecular weight is 314 g/mol. The molecule has 2 aromatic rings. The van der Waals surface area contributed by atoms with Gasteiger partial charge in [-0.25, -0.2) is 9.78 Å². The van der Waals surface area contributed by atoms with Crippen molar-refractivity contribution in [2.75, 3.05) is 6.54 Å². The van der Waals surface area contributed by atoms with Crippen molar-refractivity contribution in [3.63, 3.8) is 0 Å². The van der Waals surface area contributed by atoms with Crippen LogP contribution in [-0.2, 0) is 12.8 Å². The minimum absolute atomic E-state index is 0.208. The maximum absolute atomic E-state index is 11.3. The minimum atomic E-state index is -0.884. The van der Waals surface area contributed by atoms with Crippen molar-refractivity contribution >= 4 is 6.09 Å². The predicted octanol–water partition coefficient (Wildman–Crippen LogP) is 3.19. The molecule has 0 aliphatic carbocycles. The Morgan fingerprint density at radius 3 is 2.87 bits per heavy atom. The topological polar surface area (TPSA) is 82.1 Å². The van der Waals surface area contributed by atoms with E-state index in [1.165, 1.54) is 10.5 Å². The highest BCUT2D eigenvalue weighted by Gasteiger charge is 2.30. The van der Waals surface area contributed by atoms with Gasteiger partial charge in [-0.3, -0.25) is 10.00 Å². The van der Waals surface area contributed by atoms with Gasteiger partial charge in [-0.15, -0.1) is 0 Å². The van der Waals surface area contributed by atoms with Gasteiger partial charge in [0.1, 0.15) is 5.82 Å². The summed E-state index contributed by atoms with van der Waals surface area (Å²) in [5.74, 6) is 1.45. The van der Waals surface area contributed by atoms with E-state index in [9.17, 15) is 9.90 Å². The molecule has 0 bridgehead atoms. The summed E-state index contributed by atoms with van der Waals surface area (Å²) in [6, 6.07) is 10.2. The second-order valence-electron chi connectivity index (χ2n) is 5.97. The second-order valence-corrected chi connectivity index (χ2v) is 5.97. The molecule has 122 valence electrons. The summed E-state index contributed by atoms with van der Waals surface area (Å²) < 4.78 is 0. The van der Waals surface area contributed by atoms with Crippen LogP contribution in [-0.4, -0.2) is 37.8 Å². The third-order valence-corrected chi connectivity index (χ3v) is 4.32. The van der Waals surface area contributed by atoms with Crippen LogP contribution in [0.4, 0.5) is 4.79 Å². The molecule has 1 aliphatic rings. The van der Waals surface area contributed by atoms with Crippen molar-refractivity contribution in [3.8, 4) is 0 Å². The highest BCUT2D eigenvalue weighted by molar-refractivity contribution is 5.65. The molecular formula is C17H22N4O2. The lowest BCUT2D eigenvalue weighted by Gasteiger charge is -2.31. The van der Waals surface area contributed by atoms with Crippen LogP contribution in [0.3, 0.4) is 0 Å². The van der Waals surface area contributed by atoms with Gasteiger partial charge in [0.2, 0.25) is 0 Å². The number of amides is 1. The lowest BCUT2D eigenvalue weighted by Crippen LogP contribution is -2.37. The number of aryl methyl sites for hydroxylation is 2. The number of aromatic amines is 1. The molecular weight excluding hydrogens is 292 g/mol. The maximum Gasteiger partial charge on any atom is 0.407 e. The number of benzene rings is 1. The Kier molecular flexibility index (Phi) is 4.90. The average Bonchev–Trinajstić information content (AvgIpc) is 3.04. The standard InChI is InChI=1S/C17H22N4O2/c22-17(23)21-12-5-4-10-14(21)16-18-15(19-20-16)11-6-9-13-7-2-1-3-8-13/h1-3,7-8,14H,4-6,9-12H2,(H,22,23)(H,18,19,20). The molecule has 0 radical (unpaired) electrons. The van der Waals surface area contributed by atoms with E-state index in [0.29, 0.717) is 12.4 Å².